The van der Waals surface area contributed by atoms with Gasteiger partial charge in [0.15, 0.2) is 5.15 Å². The predicted molar refractivity (Wildman–Crippen MR) is 32.4 cm³/mol. The minimum absolute atomic E-state index is 0.646. The molecule has 0 radical (unpaired) electrons. The Morgan fingerprint density at radius 2 is 2.25 bits per heavy atom. The first kappa shape index (κ1) is 5.45. The van der Waals surface area contributed by atoms with Gasteiger partial charge >= 0.3 is 0 Å². The van der Waals surface area contributed by atoms with Crippen LogP contribution < -0.4 is 4.57 Å². The summed E-state index contributed by atoms with van der Waals surface area (Å²) < 4.78 is 1.60. The number of pyridine rings is 1. The molecule has 0 bridgehead atoms. The van der Waals surface area contributed by atoms with Crippen molar-refractivity contribution in [3.8, 4) is 0 Å². The number of rotatable bonds is 0. The van der Waals surface area contributed by atoms with Gasteiger partial charge in [0.25, 0.3) is 0 Å². The van der Waals surface area contributed by atoms with Gasteiger partial charge in [-0.05, 0) is 6.07 Å². The molecule has 0 saturated heterocycles. The molecule has 1 aromatic rings. The van der Waals surface area contributed by atoms with Crippen molar-refractivity contribution in [2.75, 3.05) is 0 Å². The minimum atomic E-state index is 0.646. The number of halogens is 1. The van der Waals surface area contributed by atoms with Gasteiger partial charge in [-0.15, -0.1) is 0 Å². The van der Waals surface area contributed by atoms with E-state index in [4.69, 9.17) is 11.6 Å². The van der Waals surface area contributed by atoms with Crippen molar-refractivity contribution in [3.63, 3.8) is 0 Å². The normalized spacial score (nSPS) is 9.12. The van der Waals surface area contributed by atoms with E-state index in [1.807, 2.05) is 12.1 Å². The second-order valence-corrected chi connectivity index (χ2v) is 1.88. The van der Waals surface area contributed by atoms with Crippen LogP contribution in [0, 0.1) is 7.05 Å². The highest BCUT2D eigenvalue weighted by Gasteiger charge is 1.85. The fraction of sp³-hybridized carbons (Fsp3) is 0. The average molecular weight is 128 g/mol. The fourth-order valence-electron chi connectivity index (χ4n) is 0.455. The first-order chi connectivity index (χ1) is 3.80. The third kappa shape index (κ3) is 0.928. The zero-order chi connectivity index (χ0) is 5.98. The lowest BCUT2D eigenvalue weighted by atomic mass is 10.5. The third-order valence-corrected chi connectivity index (χ3v) is 1.23. The van der Waals surface area contributed by atoms with Crippen molar-refractivity contribution in [2.24, 2.45) is 0 Å². The summed E-state index contributed by atoms with van der Waals surface area (Å²) in [5.41, 5.74) is 0. The van der Waals surface area contributed by atoms with Gasteiger partial charge in [-0.1, -0.05) is 23.7 Å². The summed E-state index contributed by atoms with van der Waals surface area (Å²) in [5, 5.41) is 0.646. The Bertz CT molecular complexity index is 165. The smallest absolute Gasteiger partial charge is 0.172 e. The van der Waals surface area contributed by atoms with Gasteiger partial charge in [0.2, 0.25) is 0 Å². The second kappa shape index (κ2) is 2.05. The van der Waals surface area contributed by atoms with Gasteiger partial charge < -0.3 is 4.57 Å². The first-order valence-electron chi connectivity index (χ1n) is 2.28. The Hall–Kier alpha value is -0.690. The summed E-state index contributed by atoms with van der Waals surface area (Å²) in [6.45, 7) is 0. The quantitative estimate of drug-likeness (QED) is 0.281. The van der Waals surface area contributed by atoms with E-state index in [0.717, 1.165) is 0 Å². The van der Waals surface area contributed by atoms with E-state index in [-0.39, 0.29) is 0 Å². The van der Waals surface area contributed by atoms with Crippen LogP contribution in [0.4, 0.5) is 0 Å². The van der Waals surface area contributed by atoms with Crippen molar-refractivity contribution >= 4 is 11.6 Å². The Labute approximate surface area is 53.5 Å². The molecular weight excluding hydrogens is 122 g/mol. The van der Waals surface area contributed by atoms with Crippen molar-refractivity contribution < 1.29 is 4.57 Å². The van der Waals surface area contributed by atoms with Gasteiger partial charge in [0, 0.05) is 7.05 Å². The zero-order valence-corrected chi connectivity index (χ0v) is 5.10. The molecule has 0 aromatic carbocycles. The Morgan fingerprint density at radius 3 is 2.62 bits per heavy atom. The molecule has 8 heavy (non-hydrogen) atoms. The Balaban J connectivity index is 3.13. The van der Waals surface area contributed by atoms with Crippen LogP contribution in [0.25, 0.3) is 0 Å². The number of nitrogens with zero attached hydrogens (tertiary/aromatic N) is 1. The van der Waals surface area contributed by atoms with Crippen molar-refractivity contribution in [3.05, 3.63) is 36.6 Å². The summed E-state index contributed by atoms with van der Waals surface area (Å²) in [4.78, 5) is 0. The lowest BCUT2D eigenvalue weighted by Crippen LogP contribution is -2.25. The standard InChI is InChI=1S/C6H6ClN/c1-8-5-3-2-4-6(8)7/h2-5H,1H2. The molecule has 0 aliphatic carbocycles. The van der Waals surface area contributed by atoms with Crippen molar-refractivity contribution in [1.82, 2.24) is 0 Å². The molecule has 1 rings (SSSR count). The van der Waals surface area contributed by atoms with Gasteiger partial charge in [-0.2, -0.15) is 0 Å². The van der Waals surface area contributed by atoms with Crippen LogP contribution in [-0.4, -0.2) is 0 Å². The fourth-order valence-corrected chi connectivity index (χ4v) is 0.585. The summed E-state index contributed by atoms with van der Waals surface area (Å²) in [6, 6.07) is 5.53. The summed E-state index contributed by atoms with van der Waals surface area (Å²) >= 11 is 5.61. The molecule has 0 aliphatic rings. The van der Waals surface area contributed by atoms with E-state index in [0.29, 0.717) is 5.15 Å². The molecule has 0 amide bonds. The van der Waals surface area contributed by atoms with Crippen LogP contribution in [0.5, 0.6) is 0 Å². The molecule has 0 spiro atoms. The molecule has 1 aromatic heterocycles. The zero-order valence-electron chi connectivity index (χ0n) is 4.34. The summed E-state index contributed by atoms with van der Waals surface area (Å²) in [5.74, 6) is 0. The highest BCUT2D eigenvalue weighted by atomic mass is 35.5. The monoisotopic (exact) mass is 127 g/mol. The van der Waals surface area contributed by atoms with Gasteiger partial charge in [0.05, 0.1) is 6.20 Å². The lowest BCUT2D eigenvalue weighted by molar-refractivity contribution is -0.610. The Kier molecular flexibility index (Phi) is 1.40. The largest absolute Gasteiger partial charge is 0.323 e. The minimum Gasteiger partial charge on any atom is -0.323 e. The van der Waals surface area contributed by atoms with Crippen molar-refractivity contribution in [1.29, 1.82) is 0 Å². The maximum absolute atomic E-state index is 5.61. The number of hydrogen-bond acceptors (Lipinski definition) is 0. The van der Waals surface area contributed by atoms with Gasteiger partial charge in [-0.25, -0.2) is 0 Å². The number of aromatic nitrogens is 1. The lowest BCUT2D eigenvalue weighted by Gasteiger charge is -1.94. The second-order valence-electron chi connectivity index (χ2n) is 1.49. The molecule has 2 heteroatoms. The van der Waals surface area contributed by atoms with E-state index >= 15 is 0 Å². The van der Waals surface area contributed by atoms with E-state index < -0.39 is 0 Å². The molecule has 0 fully saturated rings. The van der Waals surface area contributed by atoms with E-state index in [9.17, 15) is 0 Å². The number of hydrogen-bond donors (Lipinski definition) is 0. The van der Waals surface area contributed by atoms with Crippen LogP contribution in [0.2, 0.25) is 5.15 Å². The third-order valence-electron chi connectivity index (χ3n) is 0.885. The maximum Gasteiger partial charge on any atom is 0.172 e. The molecular formula is C6H6ClN. The molecule has 0 aliphatic heterocycles. The van der Waals surface area contributed by atoms with Crippen molar-refractivity contribution in [2.45, 2.75) is 0 Å². The predicted octanol–water partition coefficient (Wildman–Crippen LogP) is 1.27. The Morgan fingerprint density at radius 1 is 1.50 bits per heavy atom. The van der Waals surface area contributed by atoms with Gasteiger partial charge in [-0.3, -0.25) is 0 Å². The van der Waals surface area contributed by atoms with E-state index in [1.54, 1.807) is 16.8 Å². The van der Waals surface area contributed by atoms with Crippen LogP contribution >= 0.6 is 11.6 Å². The van der Waals surface area contributed by atoms with Crippen LogP contribution in [0.1, 0.15) is 0 Å². The van der Waals surface area contributed by atoms with E-state index in [2.05, 4.69) is 7.05 Å². The molecule has 42 valence electrons. The van der Waals surface area contributed by atoms with E-state index in [1.165, 1.54) is 0 Å². The highest BCUT2D eigenvalue weighted by Crippen LogP contribution is 1.96. The SMILES string of the molecule is [CH2-][n+]1ccccc1Cl. The summed E-state index contributed by atoms with van der Waals surface area (Å²) in [7, 11) is 3.60. The average Bonchev–Trinajstić information content (AvgIpc) is 1.77. The molecule has 0 atom stereocenters. The molecule has 0 saturated carbocycles. The highest BCUT2D eigenvalue weighted by molar-refractivity contribution is 6.28. The van der Waals surface area contributed by atoms with Crippen LogP contribution in [0.15, 0.2) is 24.4 Å². The maximum atomic E-state index is 5.61. The topological polar surface area (TPSA) is 3.88 Å². The van der Waals surface area contributed by atoms with Gasteiger partial charge in [0.1, 0.15) is 0 Å². The molecule has 0 N–H and O–H groups in total. The van der Waals surface area contributed by atoms with Crippen LogP contribution in [0.3, 0.4) is 0 Å². The summed E-state index contributed by atoms with van der Waals surface area (Å²) in [6.07, 6.45) is 1.79. The molecule has 1 heterocycles. The van der Waals surface area contributed by atoms with Crippen LogP contribution in [-0.2, 0) is 0 Å². The molecule has 1 nitrogen and oxygen atoms in total. The first-order valence-corrected chi connectivity index (χ1v) is 2.65. The molecule has 0 unspecified atom stereocenters.